The number of carbonyl (C=O) groups excluding carboxylic acids is 1. The molecule has 0 aliphatic rings. The predicted octanol–water partition coefficient (Wildman–Crippen LogP) is 3.97. The van der Waals surface area contributed by atoms with Crippen molar-refractivity contribution < 1.29 is 13.9 Å². The van der Waals surface area contributed by atoms with E-state index in [1.807, 2.05) is 56.3 Å². The summed E-state index contributed by atoms with van der Waals surface area (Å²) in [6.45, 7) is 5.03. The first-order valence-electron chi connectivity index (χ1n) is 10.2. The first-order valence-corrected chi connectivity index (χ1v) is 10.2. The zero-order valence-corrected chi connectivity index (χ0v) is 17.8. The van der Waals surface area contributed by atoms with Gasteiger partial charge < -0.3 is 25.5 Å². The molecule has 0 radical (unpaired) electrons. The van der Waals surface area contributed by atoms with Crippen molar-refractivity contribution in [3.05, 3.63) is 83.8 Å². The second-order valence-electron chi connectivity index (χ2n) is 7.30. The van der Waals surface area contributed by atoms with E-state index in [0.717, 1.165) is 29.2 Å². The third-order valence-electron chi connectivity index (χ3n) is 4.36. The average molecular weight is 421 g/mol. The standard InChI is InChI=1S/C24H28N4O3/c1-17(2)31-22-10-8-20(9-11-22)28-24(26-13-12-21-7-4-14-30-21)27-16-18-5-3-6-19(15-18)23(25)29/h3-11,14-15,17H,12-13,16H2,1-2H3,(H2,25,29)(H2,26,27,28). The highest BCUT2D eigenvalue weighted by molar-refractivity contribution is 5.94. The Morgan fingerprint density at radius 3 is 2.61 bits per heavy atom. The molecule has 2 aromatic carbocycles. The van der Waals surface area contributed by atoms with Crippen molar-refractivity contribution in [2.24, 2.45) is 10.7 Å². The zero-order chi connectivity index (χ0) is 22.1. The molecular formula is C24H28N4O3. The van der Waals surface area contributed by atoms with Crippen LogP contribution in [0.4, 0.5) is 5.69 Å². The Morgan fingerprint density at radius 2 is 1.94 bits per heavy atom. The molecule has 7 heteroatoms. The number of aliphatic imine (C=N–C) groups is 1. The zero-order valence-electron chi connectivity index (χ0n) is 17.8. The van der Waals surface area contributed by atoms with E-state index in [2.05, 4.69) is 15.6 Å². The fourth-order valence-corrected chi connectivity index (χ4v) is 2.92. The lowest BCUT2D eigenvalue weighted by Crippen LogP contribution is -2.32. The first-order chi connectivity index (χ1) is 15.0. The number of rotatable bonds is 9. The van der Waals surface area contributed by atoms with E-state index in [1.165, 1.54) is 0 Å². The lowest BCUT2D eigenvalue weighted by Gasteiger charge is -2.14. The highest BCUT2D eigenvalue weighted by Crippen LogP contribution is 2.17. The number of guanidine groups is 1. The van der Waals surface area contributed by atoms with Gasteiger partial charge in [-0.1, -0.05) is 12.1 Å². The minimum absolute atomic E-state index is 0.121. The van der Waals surface area contributed by atoms with Crippen LogP contribution in [-0.2, 0) is 13.0 Å². The van der Waals surface area contributed by atoms with Crippen LogP contribution in [0.15, 0.2) is 76.3 Å². The van der Waals surface area contributed by atoms with Gasteiger partial charge in [-0.05, 0) is 67.9 Å². The summed E-state index contributed by atoms with van der Waals surface area (Å²) in [5.41, 5.74) is 7.62. The number of furan rings is 1. The van der Waals surface area contributed by atoms with E-state index < -0.39 is 5.91 Å². The Balaban J connectivity index is 1.69. The van der Waals surface area contributed by atoms with Crippen LogP contribution in [0, 0.1) is 0 Å². The summed E-state index contributed by atoms with van der Waals surface area (Å²) in [6, 6.07) is 18.7. The maximum absolute atomic E-state index is 11.4. The SMILES string of the molecule is CC(C)Oc1ccc(NC(=NCc2cccc(C(N)=O)c2)NCCc2ccco2)cc1. The molecule has 31 heavy (non-hydrogen) atoms. The number of amides is 1. The molecule has 0 aliphatic carbocycles. The molecule has 0 saturated heterocycles. The van der Waals surface area contributed by atoms with Gasteiger partial charge in [0, 0.05) is 24.2 Å². The van der Waals surface area contributed by atoms with Gasteiger partial charge in [-0.2, -0.15) is 0 Å². The van der Waals surface area contributed by atoms with Crippen LogP contribution in [0.2, 0.25) is 0 Å². The third kappa shape index (κ3) is 7.22. The number of carbonyl (C=O) groups is 1. The molecule has 0 bridgehead atoms. The van der Waals surface area contributed by atoms with Gasteiger partial charge in [0.1, 0.15) is 11.5 Å². The first kappa shape index (κ1) is 22.0. The molecule has 0 unspecified atom stereocenters. The van der Waals surface area contributed by atoms with Crippen LogP contribution < -0.4 is 21.1 Å². The van der Waals surface area contributed by atoms with Crippen LogP contribution in [-0.4, -0.2) is 24.5 Å². The van der Waals surface area contributed by atoms with Crippen molar-refractivity contribution in [2.75, 3.05) is 11.9 Å². The van der Waals surface area contributed by atoms with Gasteiger partial charge in [0.15, 0.2) is 5.96 Å². The molecule has 1 heterocycles. The van der Waals surface area contributed by atoms with Crippen molar-refractivity contribution in [3.8, 4) is 5.75 Å². The smallest absolute Gasteiger partial charge is 0.248 e. The second kappa shape index (κ2) is 10.9. The Kier molecular flexibility index (Phi) is 7.70. The van der Waals surface area contributed by atoms with E-state index in [9.17, 15) is 4.79 Å². The third-order valence-corrected chi connectivity index (χ3v) is 4.36. The maximum atomic E-state index is 11.4. The number of anilines is 1. The molecule has 0 saturated carbocycles. The maximum Gasteiger partial charge on any atom is 0.248 e. The molecule has 0 aliphatic heterocycles. The fourth-order valence-electron chi connectivity index (χ4n) is 2.92. The van der Waals surface area contributed by atoms with Crippen molar-refractivity contribution in [2.45, 2.75) is 32.9 Å². The van der Waals surface area contributed by atoms with Crippen molar-refractivity contribution in [1.29, 1.82) is 0 Å². The molecule has 162 valence electrons. The highest BCUT2D eigenvalue weighted by Gasteiger charge is 2.05. The summed E-state index contributed by atoms with van der Waals surface area (Å²) < 4.78 is 11.1. The van der Waals surface area contributed by atoms with Crippen molar-refractivity contribution >= 4 is 17.6 Å². The van der Waals surface area contributed by atoms with Crippen molar-refractivity contribution in [3.63, 3.8) is 0 Å². The number of nitrogens with one attached hydrogen (secondary N) is 2. The molecule has 4 N–H and O–H groups in total. The van der Waals surface area contributed by atoms with Gasteiger partial charge in [0.25, 0.3) is 0 Å². The normalized spacial score (nSPS) is 11.4. The summed E-state index contributed by atoms with van der Waals surface area (Å²) in [6.07, 6.45) is 2.51. The van der Waals surface area contributed by atoms with Crippen LogP contribution in [0.5, 0.6) is 5.75 Å². The number of hydrogen-bond donors (Lipinski definition) is 3. The Hall–Kier alpha value is -3.74. The van der Waals surface area contributed by atoms with E-state index in [1.54, 1.807) is 24.5 Å². The van der Waals surface area contributed by atoms with Gasteiger partial charge in [-0.25, -0.2) is 4.99 Å². The molecule has 3 aromatic rings. The topological polar surface area (TPSA) is 102 Å². The molecule has 7 nitrogen and oxygen atoms in total. The number of nitrogens with two attached hydrogens (primary N) is 1. The highest BCUT2D eigenvalue weighted by atomic mass is 16.5. The van der Waals surface area contributed by atoms with Crippen LogP contribution >= 0.6 is 0 Å². The fraction of sp³-hybridized carbons (Fsp3) is 0.250. The second-order valence-corrected chi connectivity index (χ2v) is 7.30. The minimum Gasteiger partial charge on any atom is -0.491 e. The van der Waals surface area contributed by atoms with Gasteiger partial charge in [0.05, 0.1) is 18.9 Å². The molecule has 3 rings (SSSR count). The summed E-state index contributed by atoms with van der Waals surface area (Å²) in [7, 11) is 0. The van der Waals surface area contributed by atoms with Crippen LogP contribution in [0.3, 0.4) is 0 Å². The summed E-state index contributed by atoms with van der Waals surface area (Å²) in [4.78, 5) is 16.1. The Bertz CT molecular complexity index is 996. The molecular weight excluding hydrogens is 392 g/mol. The van der Waals surface area contributed by atoms with Crippen LogP contribution in [0.25, 0.3) is 0 Å². The number of ether oxygens (including phenoxy) is 1. The summed E-state index contributed by atoms with van der Waals surface area (Å²) in [5.74, 6) is 1.88. The lowest BCUT2D eigenvalue weighted by atomic mass is 10.1. The van der Waals surface area contributed by atoms with E-state index >= 15 is 0 Å². The molecule has 1 aromatic heterocycles. The van der Waals surface area contributed by atoms with Crippen LogP contribution in [0.1, 0.15) is 35.5 Å². The monoisotopic (exact) mass is 420 g/mol. The minimum atomic E-state index is -0.454. The van der Waals surface area contributed by atoms with E-state index in [4.69, 9.17) is 14.9 Å². The largest absolute Gasteiger partial charge is 0.491 e. The molecule has 0 atom stereocenters. The molecule has 0 spiro atoms. The number of nitrogens with zero attached hydrogens (tertiary/aromatic N) is 1. The van der Waals surface area contributed by atoms with E-state index in [-0.39, 0.29) is 6.10 Å². The Morgan fingerprint density at radius 1 is 1.13 bits per heavy atom. The van der Waals surface area contributed by atoms with Gasteiger partial charge in [-0.3, -0.25) is 4.79 Å². The quantitative estimate of drug-likeness (QED) is 0.359. The average Bonchev–Trinajstić information content (AvgIpc) is 3.26. The predicted molar refractivity (Wildman–Crippen MR) is 122 cm³/mol. The Labute approximate surface area is 182 Å². The summed E-state index contributed by atoms with van der Waals surface area (Å²) in [5, 5.41) is 6.63. The number of hydrogen-bond acceptors (Lipinski definition) is 4. The van der Waals surface area contributed by atoms with Gasteiger partial charge >= 0.3 is 0 Å². The van der Waals surface area contributed by atoms with Gasteiger partial charge in [-0.15, -0.1) is 0 Å². The van der Waals surface area contributed by atoms with Gasteiger partial charge in [0.2, 0.25) is 5.91 Å². The summed E-state index contributed by atoms with van der Waals surface area (Å²) >= 11 is 0. The van der Waals surface area contributed by atoms with Crippen molar-refractivity contribution in [1.82, 2.24) is 5.32 Å². The lowest BCUT2D eigenvalue weighted by molar-refractivity contribution is 0.1000. The molecule has 0 fully saturated rings. The van der Waals surface area contributed by atoms with E-state index in [0.29, 0.717) is 24.6 Å². The number of benzene rings is 2. The number of primary amides is 1. The molecule has 1 amide bonds.